The minimum Gasteiger partial charge on any atom is -0.353 e. The minimum absolute atomic E-state index is 0.0104. The van der Waals surface area contributed by atoms with Crippen molar-refractivity contribution < 1.29 is 4.79 Å². The standard InChI is InChI=1S/C7H12N2O/c1-5-6(10)8-4-7(9-5)2-3-7/h5,9H,2-4H2,1H3,(H,8,10). The fourth-order valence-electron chi connectivity index (χ4n) is 1.46. The van der Waals surface area contributed by atoms with Crippen molar-refractivity contribution >= 4 is 5.91 Å². The first-order chi connectivity index (χ1) is 4.72. The molecule has 2 fully saturated rings. The van der Waals surface area contributed by atoms with Gasteiger partial charge in [0.1, 0.15) is 0 Å². The van der Waals surface area contributed by atoms with Crippen LogP contribution in [-0.2, 0) is 4.79 Å². The molecule has 0 aromatic carbocycles. The first-order valence-electron chi connectivity index (χ1n) is 3.77. The maximum Gasteiger partial charge on any atom is 0.236 e. The van der Waals surface area contributed by atoms with Crippen molar-refractivity contribution in [2.75, 3.05) is 6.54 Å². The maximum absolute atomic E-state index is 10.9. The summed E-state index contributed by atoms with van der Waals surface area (Å²) >= 11 is 0. The Morgan fingerprint density at radius 1 is 1.60 bits per heavy atom. The molecule has 1 amide bonds. The maximum atomic E-state index is 10.9. The second kappa shape index (κ2) is 1.72. The van der Waals surface area contributed by atoms with Gasteiger partial charge in [0.25, 0.3) is 0 Å². The normalized spacial score (nSPS) is 35.7. The SMILES string of the molecule is CC1NC2(CC2)CNC1=O. The van der Waals surface area contributed by atoms with E-state index in [9.17, 15) is 4.79 Å². The number of hydrogen-bond donors (Lipinski definition) is 2. The zero-order valence-electron chi connectivity index (χ0n) is 6.11. The Morgan fingerprint density at radius 3 is 2.80 bits per heavy atom. The molecule has 1 saturated carbocycles. The molecule has 1 aliphatic heterocycles. The fraction of sp³-hybridized carbons (Fsp3) is 0.857. The minimum atomic E-state index is 0.0104. The lowest BCUT2D eigenvalue weighted by molar-refractivity contribution is -0.124. The molecule has 0 aromatic heterocycles. The van der Waals surface area contributed by atoms with Crippen LogP contribution in [0.2, 0.25) is 0 Å². The van der Waals surface area contributed by atoms with E-state index in [1.807, 2.05) is 6.92 Å². The second-order valence-electron chi connectivity index (χ2n) is 3.36. The number of amides is 1. The average molecular weight is 140 g/mol. The Labute approximate surface area is 60.2 Å². The van der Waals surface area contributed by atoms with Crippen LogP contribution >= 0.6 is 0 Å². The van der Waals surface area contributed by atoms with E-state index in [1.165, 1.54) is 12.8 Å². The number of hydrogen-bond acceptors (Lipinski definition) is 2. The number of carbonyl (C=O) groups excluding carboxylic acids is 1. The largest absolute Gasteiger partial charge is 0.353 e. The molecule has 1 unspecified atom stereocenters. The third-order valence-electron chi connectivity index (χ3n) is 2.37. The van der Waals surface area contributed by atoms with Crippen LogP contribution in [0.15, 0.2) is 0 Å². The van der Waals surface area contributed by atoms with Gasteiger partial charge in [-0.25, -0.2) is 0 Å². The van der Waals surface area contributed by atoms with Crippen molar-refractivity contribution in [2.45, 2.75) is 31.3 Å². The van der Waals surface area contributed by atoms with Crippen LogP contribution in [0, 0.1) is 0 Å². The first kappa shape index (κ1) is 6.16. The van der Waals surface area contributed by atoms with E-state index in [1.54, 1.807) is 0 Å². The molecule has 10 heavy (non-hydrogen) atoms. The summed E-state index contributed by atoms with van der Waals surface area (Å²) in [6.07, 6.45) is 2.44. The van der Waals surface area contributed by atoms with Crippen LogP contribution in [0.25, 0.3) is 0 Å². The predicted molar refractivity (Wildman–Crippen MR) is 37.6 cm³/mol. The average Bonchev–Trinajstić information content (AvgIpc) is 2.62. The molecule has 2 aliphatic rings. The lowest BCUT2D eigenvalue weighted by Crippen LogP contribution is -2.58. The van der Waals surface area contributed by atoms with Crippen molar-refractivity contribution in [2.24, 2.45) is 0 Å². The molecule has 56 valence electrons. The van der Waals surface area contributed by atoms with Crippen LogP contribution < -0.4 is 10.6 Å². The Bertz CT molecular complexity index is 174. The second-order valence-corrected chi connectivity index (χ2v) is 3.36. The fourth-order valence-corrected chi connectivity index (χ4v) is 1.46. The van der Waals surface area contributed by atoms with E-state index >= 15 is 0 Å². The van der Waals surface area contributed by atoms with Gasteiger partial charge >= 0.3 is 0 Å². The summed E-state index contributed by atoms with van der Waals surface area (Å²) in [5.74, 6) is 0.137. The summed E-state index contributed by atoms with van der Waals surface area (Å²) in [7, 11) is 0. The molecular weight excluding hydrogens is 128 g/mol. The third-order valence-corrected chi connectivity index (χ3v) is 2.37. The van der Waals surface area contributed by atoms with Gasteiger partial charge in [0.2, 0.25) is 5.91 Å². The molecule has 3 heteroatoms. The smallest absolute Gasteiger partial charge is 0.236 e. The van der Waals surface area contributed by atoms with E-state index < -0.39 is 0 Å². The molecule has 1 spiro atoms. The number of carbonyl (C=O) groups is 1. The van der Waals surface area contributed by atoms with Gasteiger partial charge < -0.3 is 5.32 Å². The zero-order valence-corrected chi connectivity index (χ0v) is 6.11. The Kier molecular flexibility index (Phi) is 1.06. The highest BCUT2D eigenvalue weighted by Gasteiger charge is 2.46. The molecule has 3 nitrogen and oxygen atoms in total. The Morgan fingerprint density at radius 2 is 2.30 bits per heavy atom. The van der Waals surface area contributed by atoms with Gasteiger partial charge in [0.15, 0.2) is 0 Å². The summed E-state index contributed by atoms with van der Waals surface area (Å²) in [6, 6.07) is 0.0104. The number of piperazine rings is 1. The summed E-state index contributed by atoms with van der Waals surface area (Å²) in [4.78, 5) is 10.9. The first-order valence-corrected chi connectivity index (χ1v) is 3.77. The van der Waals surface area contributed by atoms with Crippen molar-refractivity contribution in [3.8, 4) is 0 Å². The highest BCUT2D eigenvalue weighted by Crippen LogP contribution is 2.36. The van der Waals surface area contributed by atoms with E-state index in [4.69, 9.17) is 0 Å². The Hall–Kier alpha value is -0.570. The molecule has 1 saturated heterocycles. The molecule has 0 radical (unpaired) electrons. The molecule has 1 aliphatic carbocycles. The van der Waals surface area contributed by atoms with Crippen LogP contribution in [-0.4, -0.2) is 24.0 Å². The van der Waals surface area contributed by atoms with Gasteiger partial charge in [-0.3, -0.25) is 10.1 Å². The lowest BCUT2D eigenvalue weighted by atomic mass is 10.1. The van der Waals surface area contributed by atoms with Crippen LogP contribution in [0.5, 0.6) is 0 Å². The molecule has 1 atom stereocenters. The van der Waals surface area contributed by atoms with E-state index in [0.717, 1.165) is 6.54 Å². The van der Waals surface area contributed by atoms with Gasteiger partial charge in [0, 0.05) is 12.1 Å². The summed E-state index contributed by atoms with van der Waals surface area (Å²) in [5, 5.41) is 6.19. The van der Waals surface area contributed by atoms with Crippen LogP contribution in [0.3, 0.4) is 0 Å². The highest BCUT2D eigenvalue weighted by molar-refractivity contribution is 5.82. The van der Waals surface area contributed by atoms with Crippen molar-refractivity contribution in [3.63, 3.8) is 0 Å². The van der Waals surface area contributed by atoms with Gasteiger partial charge in [-0.2, -0.15) is 0 Å². The van der Waals surface area contributed by atoms with Gasteiger partial charge in [-0.1, -0.05) is 0 Å². The van der Waals surface area contributed by atoms with Crippen LogP contribution in [0.1, 0.15) is 19.8 Å². The molecule has 2 N–H and O–H groups in total. The quantitative estimate of drug-likeness (QED) is 0.482. The van der Waals surface area contributed by atoms with Crippen LogP contribution in [0.4, 0.5) is 0 Å². The number of nitrogens with one attached hydrogen (secondary N) is 2. The van der Waals surface area contributed by atoms with E-state index in [2.05, 4.69) is 10.6 Å². The topological polar surface area (TPSA) is 41.1 Å². The summed E-state index contributed by atoms with van der Waals surface area (Å²) in [6.45, 7) is 2.74. The van der Waals surface area contributed by atoms with Gasteiger partial charge in [-0.05, 0) is 19.8 Å². The van der Waals surface area contributed by atoms with E-state index in [-0.39, 0.29) is 11.9 Å². The van der Waals surface area contributed by atoms with Crippen molar-refractivity contribution in [1.82, 2.24) is 10.6 Å². The molecule has 0 bridgehead atoms. The molecule has 2 rings (SSSR count). The third kappa shape index (κ3) is 0.814. The summed E-state index contributed by atoms with van der Waals surface area (Å²) < 4.78 is 0. The van der Waals surface area contributed by atoms with Gasteiger partial charge in [0.05, 0.1) is 6.04 Å². The van der Waals surface area contributed by atoms with E-state index in [0.29, 0.717) is 5.54 Å². The monoisotopic (exact) mass is 140 g/mol. The molecule has 1 heterocycles. The highest BCUT2D eigenvalue weighted by atomic mass is 16.2. The van der Waals surface area contributed by atoms with Crippen molar-refractivity contribution in [3.05, 3.63) is 0 Å². The lowest BCUT2D eigenvalue weighted by Gasteiger charge is -2.28. The molecular formula is C7H12N2O. The summed E-state index contributed by atoms with van der Waals surface area (Å²) in [5.41, 5.74) is 0.299. The zero-order chi connectivity index (χ0) is 7.19. The Balaban J connectivity index is 2.04. The van der Waals surface area contributed by atoms with Crippen molar-refractivity contribution in [1.29, 1.82) is 0 Å². The number of rotatable bonds is 0. The molecule has 0 aromatic rings. The van der Waals surface area contributed by atoms with Gasteiger partial charge in [-0.15, -0.1) is 0 Å². The predicted octanol–water partition coefficient (Wildman–Crippen LogP) is -0.373.